The molecule has 0 amide bonds. The van der Waals surface area contributed by atoms with E-state index in [2.05, 4.69) is 43.0 Å². The van der Waals surface area contributed by atoms with E-state index in [1.54, 1.807) is 12.4 Å². The third-order valence-corrected chi connectivity index (χ3v) is 4.37. The molecule has 3 nitrogen and oxygen atoms in total. The molecule has 1 aliphatic carbocycles. The van der Waals surface area contributed by atoms with Crippen LogP contribution in [0.4, 0.5) is 0 Å². The molecule has 0 aliphatic heterocycles. The Morgan fingerprint density at radius 3 is 2.58 bits per heavy atom. The highest BCUT2D eigenvalue weighted by atomic mass is 15.0. The zero-order valence-electron chi connectivity index (χ0n) is 12.7. The van der Waals surface area contributed by atoms with Crippen molar-refractivity contribution >= 4 is 0 Å². The number of nitrogens with zero attached hydrogens (tertiary/aromatic N) is 2. The summed E-state index contributed by atoms with van der Waals surface area (Å²) in [7, 11) is 0. The van der Waals surface area contributed by atoms with E-state index >= 15 is 0 Å². The summed E-state index contributed by atoms with van der Waals surface area (Å²) < 4.78 is 0. The molecule has 1 aliphatic rings. The summed E-state index contributed by atoms with van der Waals surface area (Å²) in [5.74, 6) is 0.750. The van der Waals surface area contributed by atoms with Crippen LogP contribution in [0.15, 0.2) is 18.6 Å². The second-order valence-electron chi connectivity index (χ2n) is 6.88. The first kappa shape index (κ1) is 14.4. The molecular formula is C16H27N3. The SMILES string of the molecule is CC(NC1CCCCC1C(C)(C)C)c1cnccn1. The van der Waals surface area contributed by atoms with Crippen molar-refractivity contribution in [1.82, 2.24) is 15.3 Å². The maximum Gasteiger partial charge on any atom is 0.0753 e. The minimum atomic E-state index is 0.279. The summed E-state index contributed by atoms with van der Waals surface area (Å²) in [5, 5.41) is 3.79. The van der Waals surface area contributed by atoms with E-state index in [0.29, 0.717) is 11.5 Å². The molecular weight excluding hydrogens is 234 g/mol. The van der Waals surface area contributed by atoms with Gasteiger partial charge in [0.25, 0.3) is 0 Å². The Kier molecular flexibility index (Phi) is 4.56. The molecule has 0 bridgehead atoms. The fraction of sp³-hybridized carbons (Fsp3) is 0.750. The van der Waals surface area contributed by atoms with Crippen LogP contribution >= 0.6 is 0 Å². The lowest BCUT2D eigenvalue weighted by atomic mass is 9.69. The first-order valence-corrected chi connectivity index (χ1v) is 7.50. The van der Waals surface area contributed by atoms with E-state index in [1.807, 2.05) is 6.20 Å². The van der Waals surface area contributed by atoms with E-state index in [4.69, 9.17) is 0 Å². The number of aromatic nitrogens is 2. The second kappa shape index (κ2) is 6.00. The average molecular weight is 261 g/mol. The van der Waals surface area contributed by atoms with Gasteiger partial charge in [0, 0.05) is 30.7 Å². The highest BCUT2D eigenvalue weighted by Gasteiger charge is 2.34. The van der Waals surface area contributed by atoms with Crippen LogP contribution in [0, 0.1) is 11.3 Å². The Hall–Kier alpha value is -0.960. The first-order valence-electron chi connectivity index (χ1n) is 7.50. The molecule has 0 saturated heterocycles. The minimum Gasteiger partial charge on any atom is -0.306 e. The summed E-state index contributed by atoms with van der Waals surface area (Å²) in [4.78, 5) is 8.57. The third-order valence-electron chi connectivity index (χ3n) is 4.37. The van der Waals surface area contributed by atoms with Crippen molar-refractivity contribution < 1.29 is 0 Å². The second-order valence-corrected chi connectivity index (χ2v) is 6.88. The van der Waals surface area contributed by atoms with Crippen LogP contribution in [0.5, 0.6) is 0 Å². The van der Waals surface area contributed by atoms with Crippen molar-refractivity contribution in [3.8, 4) is 0 Å². The molecule has 3 unspecified atom stereocenters. The molecule has 1 N–H and O–H groups in total. The predicted octanol–water partition coefficient (Wildman–Crippen LogP) is 3.73. The highest BCUT2D eigenvalue weighted by molar-refractivity contribution is 5.02. The van der Waals surface area contributed by atoms with Gasteiger partial charge in [0.15, 0.2) is 0 Å². The van der Waals surface area contributed by atoms with Gasteiger partial charge < -0.3 is 5.32 Å². The Bertz CT molecular complexity index is 383. The van der Waals surface area contributed by atoms with Gasteiger partial charge in [0.2, 0.25) is 0 Å². The van der Waals surface area contributed by atoms with E-state index in [-0.39, 0.29) is 6.04 Å². The lowest BCUT2D eigenvalue weighted by Crippen LogP contribution is -2.45. The van der Waals surface area contributed by atoms with Crippen LogP contribution < -0.4 is 5.32 Å². The van der Waals surface area contributed by atoms with Crippen LogP contribution in [0.3, 0.4) is 0 Å². The Labute approximate surface area is 117 Å². The van der Waals surface area contributed by atoms with Crippen molar-refractivity contribution in [3.63, 3.8) is 0 Å². The van der Waals surface area contributed by atoms with E-state index in [9.17, 15) is 0 Å². The Morgan fingerprint density at radius 2 is 1.95 bits per heavy atom. The molecule has 2 rings (SSSR count). The van der Waals surface area contributed by atoms with Crippen molar-refractivity contribution in [2.24, 2.45) is 11.3 Å². The predicted molar refractivity (Wildman–Crippen MR) is 78.8 cm³/mol. The summed E-state index contributed by atoms with van der Waals surface area (Å²) in [6, 6.07) is 0.882. The normalized spacial score (nSPS) is 26.1. The molecule has 1 aromatic heterocycles. The summed E-state index contributed by atoms with van der Waals surface area (Å²) >= 11 is 0. The van der Waals surface area contributed by atoms with Crippen LogP contribution in [-0.4, -0.2) is 16.0 Å². The number of hydrogen-bond acceptors (Lipinski definition) is 3. The average Bonchev–Trinajstić information content (AvgIpc) is 2.39. The lowest BCUT2D eigenvalue weighted by Gasteiger charge is -2.42. The molecule has 3 heteroatoms. The fourth-order valence-electron chi connectivity index (χ4n) is 3.31. The van der Waals surface area contributed by atoms with Crippen LogP contribution in [0.1, 0.15) is 65.1 Å². The van der Waals surface area contributed by atoms with Crippen LogP contribution in [0.25, 0.3) is 0 Å². The minimum absolute atomic E-state index is 0.279. The van der Waals surface area contributed by atoms with Crippen LogP contribution in [0.2, 0.25) is 0 Å². The number of hydrogen-bond donors (Lipinski definition) is 1. The Morgan fingerprint density at radius 1 is 1.21 bits per heavy atom. The summed E-state index contributed by atoms with van der Waals surface area (Å²) in [5.41, 5.74) is 1.42. The van der Waals surface area contributed by atoms with Gasteiger partial charge in [0.1, 0.15) is 0 Å². The van der Waals surface area contributed by atoms with E-state index < -0.39 is 0 Å². The number of nitrogens with one attached hydrogen (secondary N) is 1. The van der Waals surface area contributed by atoms with Crippen molar-refractivity contribution in [3.05, 3.63) is 24.3 Å². The van der Waals surface area contributed by atoms with Gasteiger partial charge >= 0.3 is 0 Å². The van der Waals surface area contributed by atoms with Crippen molar-refractivity contribution in [2.75, 3.05) is 0 Å². The monoisotopic (exact) mass is 261 g/mol. The van der Waals surface area contributed by atoms with Crippen molar-refractivity contribution in [1.29, 1.82) is 0 Å². The zero-order chi connectivity index (χ0) is 13.9. The van der Waals surface area contributed by atoms with Crippen LogP contribution in [-0.2, 0) is 0 Å². The molecule has 1 fully saturated rings. The quantitative estimate of drug-likeness (QED) is 0.901. The van der Waals surface area contributed by atoms with Crippen molar-refractivity contribution in [2.45, 2.75) is 65.5 Å². The molecule has 1 saturated carbocycles. The summed E-state index contributed by atoms with van der Waals surface area (Å²) in [6.45, 7) is 9.29. The highest BCUT2D eigenvalue weighted by Crippen LogP contribution is 2.38. The molecule has 0 spiro atoms. The van der Waals surface area contributed by atoms with Gasteiger partial charge in [-0.2, -0.15) is 0 Å². The molecule has 3 atom stereocenters. The van der Waals surface area contributed by atoms with Gasteiger partial charge in [-0.15, -0.1) is 0 Å². The number of rotatable bonds is 3. The smallest absolute Gasteiger partial charge is 0.0753 e. The maximum absolute atomic E-state index is 4.41. The molecule has 19 heavy (non-hydrogen) atoms. The lowest BCUT2D eigenvalue weighted by molar-refractivity contribution is 0.124. The summed E-state index contributed by atoms with van der Waals surface area (Å²) in [6.07, 6.45) is 10.7. The molecule has 106 valence electrons. The van der Waals surface area contributed by atoms with Gasteiger partial charge in [-0.25, -0.2) is 0 Å². The van der Waals surface area contributed by atoms with E-state index in [0.717, 1.165) is 11.6 Å². The van der Waals surface area contributed by atoms with Gasteiger partial charge in [0.05, 0.1) is 5.69 Å². The molecule has 0 radical (unpaired) electrons. The molecule has 1 aromatic rings. The van der Waals surface area contributed by atoms with E-state index in [1.165, 1.54) is 25.7 Å². The zero-order valence-corrected chi connectivity index (χ0v) is 12.7. The maximum atomic E-state index is 4.41. The fourth-order valence-corrected chi connectivity index (χ4v) is 3.31. The topological polar surface area (TPSA) is 37.8 Å². The molecule has 0 aromatic carbocycles. The van der Waals surface area contributed by atoms with Gasteiger partial charge in [-0.3, -0.25) is 9.97 Å². The van der Waals surface area contributed by atoms with Gasteiger partial charge in [-0.1, -0.05) is 33.6 Å². The molecule has 1 heterocycles. The Balaban J connectivity index is 2.04. The van der Waals surface area contributed by atoms with Gasteiger partial charge in [-0.05, 0) is 31.1 Å². The first-order chi connectivity index (χ1) is 8.98. The largest absolute Gasteiger partial charge is 0.306 e. The third kappa shape index (κ3) is 3.75. The standard InChI is InChI=1S/C16H27N3/c1-12(15-11-17-9-10-18-15)19-14-8-6-5-7-13(14)16(2,3)4/h9-14,19H,5-8H2,1-4H3.